The predicted molar refractivity (Wildman–Crippen MR) is 116 cm³/mol. The van der Waals surface area contributed by atoms with Crippen molar-refractivity contribution in [3.05, 3.63) is 89.0 Å². The van der Waals surface area contributed by atoms with E-state index in [9.17, 15) is 4.79 Å². The Kier molecular flexibility index (Phi) is 6.37. The second-order valence-electron chi connectivity index (χ2n) is 6.25. The highest BCUT2D eigenvalue weighted by molar-refractivity contribution is 6.11. The Morgan fingerprint density at radius 3 is 2.04 bits per heavy atom. The fraction of sp³-hybridized carbons (Fsp3) is 0.0909. The van der Waals surface area contributed by atoms with Crippen molar-refractivity contribution in [2.45, 2.75) is 13.8 Å². The minimum atomic E-state index is -0.213. The molecule has 2 aromatic carbocycles. The first kappa shape index (κ1) is 20.2. The number of anilines is 2. The summed E-state index contributed by atoms with van der Waals surface area (Å²) in [5.41, 5.74) is 19.2. The van der Waals surface area contributed by atoms with Crippen LogP contribution in [0.2, 0.25) is 0 Å². The molecule has 1 aliphatic rings. The molecule has 0 aromatic heterocycles. The van der Waals surface area contributed by atoms with Crippen molar-refractivity contribution in [3.63, 3.8) is 0 Å². The van der Waals surface area contributed by atoms with Crippen molar-refractivity contribution >= 4 is 41.0 Å². The van der Waals surface area contributed by atoms with Crippen LogP contribution >= 0.6 is 12.4 Å². The number of halogens is 1. The molecule has 0 spiro atoms. The van der Waals surface area contributed by atoms with Crippen LogP contribution in [0.3, 0.4) is 0 Å². The Bertz CT molecular complexity index is 965. The lowest BCUT2D eigenvalue weighted by Crippen LogP contribution is -2.01. The molecule has 0 atom stereocenters. The predicted octanol–water partition coefficient (Wildman–Crippen LogP) is 4.50. The van der Waals surface area contributed by atoms with Gasteiger partial charge < -0.3 is 11.5 Å². The molecule has 138 valence electrons. The molecule has 0 heterocycles. The van der Waals surface area contributed by atoms with E-state index >= 15 is 0 Å². The number of aryl methyl sites for hydroxylation is 1. The maximum Gasteiger partial charge on any atom is 0.243 e. The molecule has 0 radical (unpaired) electrons. The van der Waals surface area contributed by atoms with E-state index in [-0.39, 0.29) is 18.3 Å². The van der Waals surface area contributed by atoms with Crippen molar-refractivity contribution in [2.75, 3.05) is 11.5 Å². The van der Waals surface area contributed by atoms with Gasteiger partial charge in [0.1, 0.15) is 0 Å². The number of hydrogen-bond donors (Lipinski definition) is 2. The molecular formula is C22H22ClN3O. The molecule has 4 nitrogen and oxygen atoms in total. The van der Waals surface area contributed by atoms with Crippen LogP contribution in [0.4, 0.5) is 11.4 Å². The molecule has 0 bridgehead atoms. The molecule has 4 N–H and O–H groups in total. The average Bonchev–Trinajstić information content (AvgIpc) is 2.61. The lowest BCUT2D eigenvalue weighted by Gasteiger charge is -2.15. The van der Waals surface area contributed by atoms with Gasteiger partial charge in [-0.15, -0.1) is 12.4 Å². The number of hydrogen-bond acceptors (Lipinski definition) is 3. The molecule has 5 heteroatoms. The summed E-state index contributed by atoms with van der Waals surface area (Å²) in [6.07, 6.45) is 7.63. The van der Waals surface area contributed by atoms with E-state index in [1.165, 1.54) is 6.92 Å². The largest absolute Gasteiger partial charge is 0.399 e. The van der Waals surface area contributed by atoms with E-state index in [0.717, 1.165) is 39.2 Å². The third-order valence-corrected chi connectivity index (χ3v) is 4.20. The van der Waals surface area contributed by atoms with Gasteiger partial charge in [0, 0.05) is 18.3 Å². The molecule has 3 rings (SSSR count). The molecule has 2 aromatic rings. The van der Waals surface area contributed by atoms with Crippen LogP contribution in [-0.2, 0) is 4.79 Å². The van der Waals surface area contributed by atoms with E-state index in [2.05, 4.69) is 11.1 Å². The number of carbonyl (C=O) groups is 1. The van der Waals surface area contributed by atoms with E-state index in [1.807, 2.05) is 67.6 Å². The van der Waals surface area contributed by atoms with Gasteiger partial charge in [0.2, 0.25) is 5.91 Å². The Morgan fingerprint density at radius 2 is 1.48 bits per heavy atom. The van der Waals surface area contributed by atoms with Crippen molar-refractivity contribution in [2.24, 2.45) is 4.99 Å². The summed E-state index contributed by atoms with van der Waals surface area (Å²) in [6.45, 7) is 3.44. The molecule has 0 fully saturated rings. The number of nitrogens with zero attached hydrogens (tertiary/aromatic N) is 1. The summed E-state index contributed by atoms with van der Waals surface area (Å²) in [7, 11) is 0. The van der Waals surface area contributed by atoms with Crippen LogP contribution in [0.5, 0.6) is 0 Å². The maximum atomic E-state index is 11.2. The van der Waals surface area contributed by atoms with Gasteiger partial charge in [-0.25, -0.2) is 4.99 Å². The van der Waals surface area contributed by atoms with Crippen LogP contribution in [-0.4, -0.2) is 11.6 Å². The molecule has 0 unspecified atom stereocenters. The molecule has 1 aliphatic carbocycles. The summed E-state index contributed by atoms with van der Waals surface area (Å²) in [5.74, 6) is -0.213. The van der Waals surface area contributed by atoms with E-state index in [4.69, 9.17) is 11.5 Å². The van der Waals surface area contributed by atoms with Gasteiger partial charge in [-0.05, 0) is 71.2 Å². The van der Waals surface area contributed by atoms with Crippen molar-refractivity contribution in [1.82, 2.24) is 0 Å². The SMILES string of the molecule is CC(=O)N=C1C=CC(=C(c2ccc(N)cc2)c2ccc(N)c(C)c2)C=C1.Cl. The fourth-order valence-corrected chi connectivity index (χ4v) is 2.87. The van der Waals surface area contributed by atoms with E-state index in [0.29, 0.717) is 5.71 Å². The maximum absolute atomic E-state index is 11.2. The average molecular weight is 380 g/mol. The second-order valence-corrected chi connectivity index (χ2v) is 6.25. The Balaban J connectivity index is 0.00000261. The summed E-state index contributed by atoms with van der Waals surface area (Å²) >= 11 is 0. The summed E-state index contributed by atoms with van der Waals surface area (Å²) < 4.78 is 0. The number of carbonyl (C=O) groups excluding carboxylic acids is 1. The van der Waals surface area contributed by atoms with Gasteiger partial charge >= 0.3 is 0 Å². The molecule has 0 saturated carbocycles. The van der Waals surface area contributed by atoms with Crippen LogP contribution < -0.4 is 11.5 Å². The van der Waals surface area contributed by atoms with Gasteiger partial charge in [0.15, 0.2) is 0 Å². The summed E-state index contributed by atoms with van der Waals surface area (Å²) in [4.78, 5) is 15.1. The first-order valence-electron chi connectivity index (χ1n) is 8.36. The zero-order chi connectivity index (χ0) is 18.7. The normalized spacial score (nSPS) is 12.5. The quantitative estimate of drug-likeness (QED) is 0.754. The number of aliphatic imine (C=N–C) groups is 1. The van der Waals surface area contributed by atoms with E-state index < -0.39 is 0 Å². The topological polar surface area (TPSA) is 81.5 Å². The van der Waals surface area contributed by atoms with Crippen molar-refractivity contribution in [1.29, 1.82) is 0 Å². The van der Waals surface area contributed by atoms with Gasteiger partial charge in [-0.3, -0.25) is 4.79 Å². The third-order valence-electron chi connectivity index (χ3n) is 4.20. The van der Waals surface area contributed by atoms with Crippen LogP contribution in [0.25, 0.3) is 5.57 Å². The summed E-state index contributed by atoms with van der Waals surface area (Å²) in [5, 5.41) is 0. The number of nitrogens with two attached hydrogens (primary N) is 2. The zero-order valence-corrected chi connectivity index (χ0v) is 16.1. The fourth-order valence-electron chi connectivity index (χ4n) is 2.87. The first-order valence-corrected chi connectivity index (χ1v) is 8.36. The first-order chi connectivity index (χ1) is 12.4. The molecule has 27 heavy (non-hydrogen) atoms. The standard InChI is InChI=1S/C22H21N3O.ClH/c1-14-13-18(7-12-21(14)24)22(16-3-8-19(23)9-4-16)17-5-10-20(11-6-17)25-15(2)26;/h3-13H,23-24H2,1-2H3;1H. The highest BCUT2D eigenvalue weighted by atomic mass is 35.5. The second kappa shape index (κ2) is 8.52. The van der Waals surface area contributed by atoms with Gasteiger partial charge in [0.05, 0.1) is 5.71 Å². The van der Waals surface area contributed by atoms with Crippen molar-refractivity contribution in [3.8, 4) is 0 Å². The van der Waals surface area contributed by atoms with Crippen molar-refractivity contribution < 1.29 is 4.79 Å². The molecule has 0 aliphatic heterocycles. The smallest absolute Gasteiger partial charge is 0.243 e. The van der Waals surface area contributed by atoms with E-state index in [1.54, 1.807) is 0 Å². The lowest BCUT2D eigenvalue weighted by molar-refractivity contribution is -0.115. The monoisotopic (exact) mass is 379 g/mol. The third kappa shape index (κ3) is 4.74. The van der Waals surface area contributed by atoms with Gasteiger partial charge in [0.25, 0.3) is 0 Å². The molecular weight excluding hydrogens is 358 g/mol. The highest BCUT2D eigenvalue weighted by Gasteiger charge is 2.12. The number of nitrogen functional groups attached to an aromatic ring is 2. The van der Waals surface area contributed by atoms with Gasteiger partial charge in [-0.2, -0.15) is 0 Å². The number of amides is 1. The number of rotatable bonds is 2. The Morgan fingerprint density at radius 1 is 0.889 bits per heavy atom. The number of allylic oxidation sites excluding steroid dienone is 5. The van der Waals surface area contributed by atoms with Crippen LogP contribution in [0.15, 0.2) is 77.3 Å². The lowest BCUT2D eigenvalue weighted by atomic mass is 9.90. The Labute approximate surface area is 165 Å². The van der Waals surface area contributed by atoms with Crippen LogP contribution in [0, 0.1) is 6.92 Å². The zero-order valence-electron chi connectivity index (χ0n) is 15.3. The highest BCUT2D eigenvalue weighted by Crippen LogP contribution is 2.31. The molecule has 1 amide bonds. The Hall–Kier alpha value is -3.11. The molecule has 0 saturated heterocycles. The number of benzene rings is 2. The van der Waals surface area contributed by atoms with Crippen LogP contribution in [0.1, 0.15) is 23.6 Å². The minimum absolute atomic E-state index is 0. The minimum Gasteiger partial charge on any atom is -0.399 e. The summed E-state index contributed by atoms with van der Waals surface area (Å²) in [6, 6.07) is 13.8. The van der Waals surface area contributed by atoms with Gasteiger partial charge in [-0.1, -0.05) is 30.4 Å².